The maximum absolute atomic E-state index is 17.5. The third-order valence-corrected chi connectivity index (χ3v) is 15.1. The zero-order chi connectivity index (χ0) is 30.7. The van der Waals surface area contributed by atoms with E-state index >= 15 is 4.39 Å². The van der Waals surface area contributed by atoms with Gasteiger partial charge in [-0.25, -0.2) is 4.39 Å². The van der Waals surface area contributed by atoms with E-state index in [1.165, 1.54) is 148 Å². The van der Waals surface area contributed by atoms with Crippen molar-refractivity contribution in [3.63, 3.8) is 0 Å². The Hall–Kier alpha value is 0.370. The average molecular weight is 680 g/mol. The van der Waals surface area contributed by atoms with Gasteiger partial charge in [0.05, 0.1) is 6.10 Å². The maximum Gasteiger partial charge on any atom is 0.193 e. The van der Waals surface area contributed by atoms with Crippen LogP contribution in [0.4, 0.5) is 4.39 Å². The number of hydrogen-bond donors (Lipinski definition) is 0. The van der Waals surface area contributed by atoms with Crippen molar-refractivity contribution in [1.29, 1.82) is 0 Å². The fourth-order valence-electron chi connectivity index (χ4n) is 11.4. The zero-order valence-electron chi connectivity index (χ0n) is 29.1. The summed E-state index contributed by atoms with van der Waals surface area (Å²) in [6.45, 7) is 2.45. The Morgan fingerprint density at radius 2 is 0.977 bits per heavy atom. The van der Waals surface area contributed by atoms with Crippen LogP contribution in [-0.2, 0) is 4.74 Å². The molecule has 0 aromatic carbocycles. The molecule has 1 nitrogen and oxygen atoms in total. The standard InChI is InChI=1S/C41H72BrFO/c1-2-39(36-24-4-3-5-25-36)37-26-28-38(29-27-37)44-40(30-12-21-33-15-6-7-16-33,31-13-22-34-17-8-9-18-34)41(42,43)32-14-23-35-19-10-11-20-35/h33-39H,2-32H2,1H3. The van der Waals surface area contributed by atoms with Gasteiger partial charge in [0.15, 0.2) is 4.58 Å². The molecule has 0 radical (unpaired) electrons. The number of hydrogen-bond acceptors (Lipinski definition) is 1. The number of halogens is 2. The van der Waals surface area contributed by atoms with Crippen LogP contribution in [0.15, 0.2) is 0 Å². The summed E-state index contributed by atoms with van der Waals surface area (Å²) in [5, 5.41) is 0. The summed E-state index contributed by atoms with van der Waals surface area (Å²) in [6.07, 6.45) is 40.1. The molecular weight excluding hydrogens is 607 g/mol. The Labute approximate surface area is 281 Å². The van der Waals surface area contributed by atoms with E-state index in [-0.39, 0.29) is 6.10 Å². The maximum atomic E-state index is 17.5. The summed E-state index contributed by atoms with van der Waals surface area (Å²) in [5.41, 5.74) is -0.662. The van der Waals surface area contributed by atoms with Crippen molar-refractivity contribution in [2.75, 3.05) is 0 Å². The molecule has 0 bridgehead atoms. The molecule has 5 aliphatic carbocycles. The Morgan fingerprint density at radius 1 is 0.568 bits per heavy atom. The Morgan fingerprint density at radius 3 is 1.43 bits per heavy atom. The molecule has 0 amide bonds. The van der Waals surface area contributed by atoms with Crippen molar-refractivity contribution >= 4 is 15.9 Å². The van der Waals surface area contributed by atoms with Crippen molar-refractivity contribution in [2.24, 2.45) is 35.5 Å². The Kier molecular flexibility index (Phi) is 14.8. The lowest BCUT2D eigenvalue weighted by Crippen LogP contribution is -2.52. The van der Waals surface area contributed by atoms with Crippen molar-refractivity contribution in [3.8, 4) is 0 Å². The summed E-state index contributed by atoms with van der Waals surface area (Å²) >= 11 is 3.88. The van der Waals surface area contributed by atoms with E-state index in [2.05, 4.69) is 22.9 Å². The van der Waals surface area contributed by atoms with E-state index in [0.29, 0.717) is 6.42 Å². The van der Waals surface area contributed by atoms with Gasteiger partial charge in [-0.05, 0) is 103 Å². The molecule has 5 fully saturated rings. The van der Waals surface area contributed by atoms with Crippen molar-refractivity contribution in [3.05, 3.63) is 0 Å². The predicted octanol–water partition coefficient (Wildman–Crippen LogP) is 14.0. The quantitative estimate of drug-likeness (QED) is 0.131. The van der Waals surface area contributed by atoms with Gasteiger partial charge in [0.2, 0.25) is 0 Å². The first-order valence-corrected chi connectivity index (χ1v) is 21.3. The van der Waals surface area contributed by atoms with Crippen molar-refractivity contribution < 1.29 is 9.13 Å². The first kappa shape index (κ1) is 35.7. The molecule has 0 spiro atoms. The van der Waals surface area contributed by atoms with E-state index in [0.717, 1.165) is 80.5 Å². The summed E-state index contributed by atoms with van der Waals surface area (Å²) in [6, 6.07) is 0. The minimum Gasteiger partial charge on any atom is -0.367 e. The largest absolute Gasteiger partial charge is 0.367 e. The second-order valence-electron chi connectivity index (χ2n) is 17.0. The predicted molar refractivity (Wildman–Crippen MR) is 190 cm³/mol. The highest BCUT2D eigenvalue weighted by atomic mass is 79.9. The van der Waals surface area contributed by atoms with Gasteiger partial charge in [-0.2, -0.15) is 0 Å². The molecule has 0 aromatic heterocycles. The first-order valence-electron chi connectivity index (χ1n) is 20.5. The third kappa shape index (κ3) is 10.2. The fourth-order valence-corrected chi connectivity index (χ4v) is 12.1. The molecule has 0 heterocycles. The van der Waals surface area contributed by atoms with Crippen LogP contribution in [0.5, 0.6) is 0 Å². The molecule has 0 aromatic rings. The van der Waals surface area contributed by atoms with E-state index in [1.54, 1.807) is 0 Å². The molecule has 3 heteroatoms. The zero-order valence-corrected chi connectivity index (χ0v) is 30.7. The van der Waals surface area contributed by atoms with Gasteiger partial charge in [0.25, 0.3) is 0 Å². The first-order chi connectivity index (χ1) is 21.5. The van der Waals surface area contributed by atoms with E-state index in [9.17, 15) is 0 Å². The minimum atomic E-state index is -1.41. The summed E-state index contributed by atoms with van der Waals surface area (Å²) in [7, 11) is 0. The van der Waals surface area contributed by atoms with Crippen LogP contribution in [0.25, 0.3) is 0 Å². The van der Waals surface area contributed by atoms with Crippen LogP contribution in [0.1, 0.15) is 206 Å². The van der Waals surface area contributed by atoms with Crippen LogP contribution in [-0.4, -0.2) is 16.3 Å². The smallest absolute Gasteiger partial charge is 0.193 e. The SMILES string of the molecule is CCC(C1CCCCC1)C1CCC(OC(CCCC2CCCC2)(CCCC2CCCC2)C(F)(Br)CCCC2CCCC2)CC1. The molecule has 5 aliphatic rings. The van der Waals surface area contributed by atoms with Gasteiger partial charge in [0, 0.05) is 0 Å². The summed E-state index contributed by atoms with van der Waals surface area (Å²) in [5.74, 6) is 5.32. The molecule has 44 heavy (non-hydrogen) atoms. The molecule has 0 aliphatic heterocycles. The lowest BCUT2D eigenvalue weighted by atomic mass is 9.68. The number of rotatable bonds is 18. The molecule has 0 N–H and O–H groups in total. The molecule has 5 rings (SSSR count). The third-order valence-electron chi connectivity index (χ3n) is 14.0. The summed E-state index contributed by atoms with van der Waals surface area (Å²) < 4.78 is 23.5. The van der Waals surface area contributed by atoms with Crippen LogP contribution in [0.2, 0.25) is 0 Å². The molecule has 0 saturated heterocycles. The fraction of sp³-hybridized carbons (Fsp3) is 1.00. The van der Waals surface area contributed by atoms with Gasteiger partial charge in [0.1, 0.15) is 5.60 Å². The van der Waals surface area contributed by atoms with Crippen LogP contribution < -0.4 is 0 Å². The van der Waals surface area contributed by atoms with Gasteiger partial charge in [-0.1, -0.05) is 155 Å². The molecule has 256 valence electrons. The molecule has 5 saturated carbocycles. The summed E-state index contributed by atoms with van der Waals surface area (Å²) in [4.78, 5) is 0. The monoisotopic (exact) mass is 678 g/mol. The number of alkyl halides is 2. The topological polar surface area (TPSA) is 9.23 Å². The van der Waals surface area contributed by atoms with E-state index in [1.807, 2.05) is 0 Å². The highest BCUT2D eigenvalue weighted by Crippen LogP contribution is 2.51. The van der Waals surface area contributed by atoms with Crippen LogP contribution >= 0.6 is 15.9 Å². The Balaban J connectivity index is 1.26. The van der Waals surface area contributed by atoms with Gasteiger partial charge < -0.3 is 4.74 Å². The lowest BCUT2D eigenvalue weighted by molar-refractivity contribution is -0.168. The average Bonchev–Trinajstić information content (AvgIpc) is 3.84. The second kappa shape index (κ2) is 18.2. The van der Waals surface area contributed by atoms with E-state index < -0.39 is 10.2 Å². The highest BCUT2D eigenvalue weighted by molar-refractivity contribution is 9.10. The van der Waals surface area contributed by atoms with Crippen LogP contribution in [0, 0.1) is 35.5 Å². The van der Waals surface area contributed by atoms with Gasteiger partial charge in [-0.15, -0.1) is 0 Å². The van der Waals surface area contributed by atoms with Crippen molar-refractivity contribution in [2.45, 2.75) is 222 Å². The highest BCUT2D eigenvalue weighted by Gasteiger charge is 2.52. The normalized spacial score (nSPS) is 29.0. The molecule has 2 atom stereocenters. The number of ether oxygens (including phenoxy) is 1. The lowest BCUT2D eigenvalue weighted by Gasteiger charge is -2.47. The minimum absolute atomic E-state index is 0.246. The van der Waals surface area contributed by atoms with Crippen molar-refractivity contribution in [1.82, 2.24) is 0 Å². The molecule has 2 unspecified atom stereocenters. The second-order valence-corrected chi connectivity index (χ2v) is 18.2. The van der Waals surface area contributed by atoms with Crippen LogP contribution in [0.3, 0.4) is 0 Å². The van der Waals surface area contributed by atoms with Gasteiger partial charge >= 0.3 is 0 Å². The van der Waals surface area contributed by atoms with E-state index in [4.69, 9.17) is 4.74 Å². The van der Waals surface area contributed by atoms with Gasteiger partial charge in [-0.3, -0.25) is 0 Å². The Bertz CT molecular complexity index is 743. The molecular formula is C41H72BrFO.